The van der Waals surface area contributed by atoms with Crippen molar-refractivity contribution < 1.29 is 38.2 Å². The molecule has 3 aromatic rings. The van der Waals surface area contributed by atoms with E-state index >= 15 is 0 Å². The number of carbonyl (C=O) groups is 6. The van der Waals surface area contributed by atoms with Crippen LogP contribution < -0.4 is 20.1 Å². The number of amides is 6. The maximum Gasteiger partial charge on any atom is 0.262 e. The van der Waals surface area contributed by atoms with Gasteiger partial charge in [0.05, 0.1) is 46.5 Å². The molecule has 2 aromatic carbocycles. The molecule has 6 amide bonds. The van der Waals surface area contributed by atoms with Crippen molar-refractivity contribution in [2.45, 2.75) is 78.0 Å². The summed E-state index contributed by atoms with van der Waals surface area (Å²) in [7, 11) is 0. The quantitative estimate of drug-likeness (QED) is 0.187. The van der Waals surface area contributed by atoms with Crippen molar-refractivity contribution in [3.63, 3.8) is 0 Å². The molecule has 3 aliphatic heterocycles. The first-order valence-corrected chi connectivity index (χ1v) is 20.1. The van der Waals surface area contributed by atoms with Gasteiger partial charge in [-0.1, -0.05) is 39.3 Å². The van der Waals surface area contributed by atoms with E-state index in [1.54, 1.807) is 41.3 Å². The molecule has 0 spiro atoms. The van der Waals surface area contributed by atoms with Gasteiger partial charge < -0.3 is 15.2 Å². The number of piperidine rings is 1. The van der Waals surface area contributed by atoms with Gasteiger partial charge in [0.2, 0.25) is 17.7 Å². The van der Waals surface area contributed by atoms with E-state index in [4.69, 9.17) is 26.8 Å². The summed E-state index contributed by atoms with van der Waals surface area (Å²) >= 11 is 6.25. The highest BCUT2D eigenvalue weighted by Gasteiger charge is 2.68. The number of unbranched alkanes of at least 4 members (excludes halogenated alkanes) is 2. The fraction of sp³-hybridized carbons (Fsp3) is 0.442. The van der Waals surface area contributed by atoms with Crippen molar-refractivity contribution in [2.75, 3.05) is 37.7 Å². The molecule has 3 fully saturated rings. The standard InChI is InChI=1S/C43H46ClN7O8/c1-42(2)40(43(3,4)41(42)59-28-10-8-25(22-45)31(44)21-28)51-34(52)15-13-32(39(51)57)50-37(55)29-12-11-27(20-30(29)38(50)56)58-19-7-5-6-16-48-17-18-49(35(53)24-48)33-14-9-26(23-47-33)36(46)54/h8-12,14,20-21,23,32,40-41H,5-7,13,15-19,24H2,1-4H3,(H2,46,54). The number of fused-ring (bicyclic) bond motifs is 1. The Hall–Kier alpha value is -5.85. The zero-order valence-electron chi connectivity index (χ0n) is 33.4. The lowest BCUT2D eigenvalue weighted by molar-refractivity contribution is -0.216. The van der Waals surface area contributed by atoms with Gasteiger partial charge in [-0.2, -0.15) is 5.26 Å². The van der Waals surface area contributed by atoms with Crippen LogP contribution in [0, 0.1) is 22.2 Å². The minimum Gasteiger partial charge on any atom is -0.494 e. The van der Waals surface area contributed by atoms with Gasteiger partial charge in [0.1, 0.15) is 35.5 Å². The third kappa shape index (κ3) is 7.63. The number of piperazine rings is 1. The predicted octanol–water partition coefficient (Wildman–Crippen LogP) is 4.60. The number of nitrogens with zero attached hydrogens (tertiary/aromatic N) is 6. The number of anilines is 1. The number of halogens is 1. The Bertz CT molecular complexity index is 2260. The second kappa shape index (κ2) is 16.1. The van der Waals surface area contributed by atoms with Crippen LogP contribution in [-0.4, -0.2) is 106 Å². The number of pyridine rings is 1. The molecule has 0 bridgehead atoms. The predicted molar refractivity (Wildman–Crippen MR) is 215 cm³/mol. The molecule has 16 heteroatoms. The zero-order chi connectivity index (χ0) is 42.4. The molecule has 1 aliphatic carbocycles. The first-order valence-electron chi connectivity index (χ1n) is 19.7. The first-order chi connectivity index (χ1) is 28.0. The minimum atomic E-state index is -1.15. The second-order valence-corrected chi connectivity index (χ2v) is 17.0. The van der Waals surface area contributed by atoms with E-state index in [-0.39, 0.29) is 52.9 Å². The van der Waals surface area contributed by atoms with Crippen molar-refractivity contribution in [2.24, 2.45) is 16.6 Å². The Morgan fingerprint density at radius 1 is 0.898 bits per heavy atom. The molecule has 2 saturated heterocycles. The Morgan fingerprint density at radius 2 is 1.63 bits per heavy atom. The van der Waals surface area contributed by atoms with Crippen LogP contribution in [0.25, 0.3) is 0 Å². The van der Waals surface area contributed by atoms with E-state index in [0.717, 1.165) is 30.7 Å². The third-order valence-electron chi connectivity index (χ3n) is 12.0. The molecule has 1 aromatic heterocycles. The smallest absolute Gasteiger partial charge is 0.262 e. The van der Waals surface area contributed by atoms with Crippen LogP contribution in [0.2, 0.25) is 5.02 Å². The number of imide groups is 2. The van der Waals surface area contributed by atoms with E-state index in [1.165, 1.54) is 23.2 Å². The lowest BCUT2D eigenvalue weighted by Gasteiger charge is -2.65. The monoisotopic (exact) mass is 823 g/mol. The highest BCUT2D eigenvalue weighted by molar-refractivity contribution is 6.31. The summed E-state index contributed by atoms with van der Waals surface area (Å²) in [5.74, 6) is -1.46. The van der Waals surface area contributed by atoms with Gasteiger partial charge >= 0.3 is 0 Å². The van der Waals surface area contributed by atoms with Crippen molar-refractivity contribution >= 4 is 52.9 Å². The SMILES string of the molecule is CC1(C)C(Oc2ccc(C#N)c(Cl)c2)C(C)(C)C1N1C(=O)CCC(N2C(=O)c3ccc(OCCCCCN4CCN(c5ccc(C(N)=O)cn5)C(=O)C4)cc3C2=O)C1=O. The first kappa shape index (κ1) is 41.3. The van der Waals surface area contributed by atoms with Crippen LogP contribution in [0.15, 0.2) is 54.7 Å². The molecule has 0 radical (unpaired) electrons. The molecule has 1 atom stereocenters. The minimum absolute atomic E-state index is 0.0182. The molecular formula is C43H46ClN7O8. The van der Waals surface area contributed by atoms with Crippen LogP contribution in [0.5, 0.6) is 11.5 Å². The molecule has 308 valence electrons. The number of hydrogen-bond acceptors (Lipinski definition) is 11. The number of hydrogen-bond donors (Lipinski definition) is 1. The number of benzene rings is 2. The average Bonchev–Trinajstić information content (AvgIpc) is 3.44. The lowest BCUT2D eigenvalue weighted by atomic mass is 9.48. The molecule has 1 saturated carbocycles. The molecule has 4 heterocycles. The van der Waals surface area contributed by atoms with Crippen molar-refractivity contribution in [1.82, 2.24) is 19.7 Å². The zero-order valence-corrected chi connectivity index (χ0v) is 34.2. The number of ether oxygens (including phenoxy) is 2. The molecular weight excluding hydrogens is 778 g/mol. The topological polar surface area (TPSA) is 197 Å². The van der Waals surface area contributed by atoms with Crippen LogP contribution in [0.4, 0.5) is 5.82 Å². The number of primary amides is 1. The molecule has 59 heavy (non-hydrogen) atoms. The number of rotatable bonds is 13. The fourth-order valence-electron chi connectivity index (χ4n) is 9.43. The third-order valence-corrected chi connectivity index (χ3v) is 12.3. The summed E-state index contributed by atoms with van der Waals surface area (Å²) in [4.78, 5) is 89.6. The second-order valence-electron chi connectivity index (χ2n) is 16.6. The number of aromatic nitrogens is 1. The Balaban J connectivity index is 0.912. The average molecular weight is 824 g/mol. The summed E-state index contributed by atoms with van der Waals surface area (Å²) in [5, 5.41) is 9.51. The van der Waals surface area contributed by atoms with Gasteiger partial charge in [-0.05, 0) is 74.7 Å². The van der Waals surface area contributed by atoms with Gasteiger partial charge in [0, 0.05) is 42.6 Å². The number of likely N-dealkylation sites (tertiary alicyclic amines) is 1. The van der Waals surface area contributed by atoms with Crippen molar-refractivity contribution in [3.8, 4) is 17.6 Å². The molecule has 1 unspecified atom stereocenters. The number of carbonyl (C=O) groups excluding carboxylic acids is 6. The van der Waals surface area contributed by atoms with Crippen molar-refractivity contribution in [3.05, 3.63) is 82.0 Å². The van der Waals surface area contributed by atoms with Crippen LogP contribution >= 0.6 is 11.6 Å². The Morgan fingerprint density at radius 3 is 2.29 bits per heavy atom. The van der Waals surface area contributed by atoms with E-state index in [2.05, 4.69) is 9.88 Å². The fourth-order valence-corrected chi connectivity index (χ4v) is 9.65. The van der Waals surface area contributed by atoms with E-state index < -0.39 is 52.6 Å². The molecule has 4 aliphatic rings. The Kier molecular flexibility index (Phi) is 11.3. The lowest BCUT2D eigenvalue weighted by Crippen LogP contribution is -2.77. The van der Waals surface area contributed by atoms with Gasteiger partial charge in [0.15, 0.2) is 0 Å². The van der Waals surface area contributed by atoms with E-state index in [1.807, 2.05) is 33.8 Å². The highest BCUT2D eigenvalue weighted by Crippen LogP contribution is 2.58. The summed E-state index contributed by atoms with van der Waals surface area (Å²) in [6, 6.07) is 12.9. The van der Waals surface area contributed by atoms with E-state index in [9.17, 15) is 34.0 Å². The summed E-state index contributed by atoms with van der Waals surface area (Å²) in [6.45, 7) is 10.2. The largest absolute Gasteiger partial charge is 0.494 e. The molecule has 15 nitrogen and oxygen atoms in total. The van der Waals surface area contributed by atoms with E-state index in [0.29, 0.717) is 42.6 Å². The molecule has 7 rings (SSSR count). The highest BCUT2D eigenvalue weighted by atomic mass is 35.5. The summed E-state index contributed by atoms with van der Waals surface area (Å²) in [6.07, 6.45) is 3.33. The Labute approximate surface area is 347 Å². The number of nitriles is 1. The summed E-state index contributed by atoms with van der Waals surface area (Å²) in [5.41, 5.74) is 4.75. The maximum atomic E-state index is 14.3. The maximum absolute atomic E-state index is 14.3. The van der Waals surface area contributed by atoms with Crippen molar-refractivity contribution in [1.29, 1.82) is 5.26 Å². The normalized spacial score (nSPS) is 22.5. The summed E-state index contributed by atoms with van der Waals surface area (Å²) < 4.78 is 12.3. The van der Waals surface area contributed by atoms with Crippen LogP contribution in [0.1, 0.15) is 96.4 Å². The van der Waals surface area contributed by atoms with Crippen LogP contribution in [-0.2, 0) is 14.4 Å². The van der Waals surface area contributed by atoms with Gasteiger partial charge in [-0.25, -0.2) is 4.98 Å². The van der Waals surface area contributed by atoms with Crippen LogP contribution in [0.3, 0.4) is 0 Å². The van der Waals surface area contributed by atoms with Gasteiger partial charge in [-0.15, -0.1) is 0 Å². The van der Waals surface area contributed by atoms with Gasteiger partial charge in [0.25, 0.3) is 17.7 Å². The number of nitrogens with two attached hydrogens (primary N) is 1. The van der Waals surface area contributed by atoms with Gasteiger partial charge in [-0.3, -0.25) is 48.4 Å². The molecule has 2 N–H and O–H groups in total.